The first-order valence-corrected chi connectivity index (χ1v) is 49.6. The number of aryl methyl sites for hydroxylation is 8. The van der Waals surface area contributed by atoms with Crippen LogP contribution in [0.25, 0.3) is 28.3 Å². The average molecular weight is 2080 g/mol. The number of phenols is 2. The molecule has 0 bridgehead atoms. The van der Waals surface area contributed by atoms with Crippen molar-refractivity contribution in [2.24, 2.45) is 0 Å². The number of hydrogen-bond donors (Lipinski definition) is 4. The van der Waals surface area contributed by atoms with Crippen LogP contribution >= 0.6 is 0 Å². The predicted octanol–water partition coefficient (Wildman–Crippen LogP) is 24.7. The van der Waals surface area contributed by atoms with Crippen LogP contribution in [0.2, 0.25) is 0 Å². The highest BCUT2D eigenvalue weighted by atomic mass is 32.2. The van der Waals surface area contributed by atoms with Gasteiger partial charge in [-0.25, -0.2) is 0 Å². The number of benzene rings is 15. The monoisotopic (exact) mass is 2080 g/mol. The lowest BCUT2D eigenvalue weighted by Crippen LogP contribution is -2.29. The van der Waals surface area contributed by atoms with E-state index in [2.05, 4.69) is 93.3 Å². The first-order chi connectivity index (χ1) is 72.0. The fourth-order valence-corrected chi connectivity index (χ4v) is 14.8. The minimum absolute atomic E-state index is 0.0385. The van der Waals surface area contributed by atoms with Crippen molar-refractivity contribution in [1.29, 1.82) is 15.8 Å². The molecule has 0 radical (unpaired) electrons. The molecular weight excluding hydrogens is 1960 g/mol. The summed E-state index contributed by atoms with van der Waals surface area (Å²) in [7, 11) is -3.16. The molecule has 0 amide bonds. The molecule has 774 valence electrons. The van der Waals surface area contributed by atoms with E-state index in [1.165, 1.54) is 93.0 Å². The van der Waals surface area contributed by atoms with Gasteiger partial charge in [0.25, 0.3) is 0 Å². The number of carbonyl (C=O) groups is 3. The maximum atomic E-state index is 12.3. The number of aromatic hydroxyl groups is 2. The molecule has 15 aromatic carbocycles. The van der Waals surface area contributed by atoms with E-state index >= 15 is 0 Å². The first-order valence-electron chi connectivity index (χ1n) is 46.8. The Morgan fingerprint density at radius 2 is 0.520 bits per heavy atom. The maximum absolute atomic E-state index is 12.3. The second kappa shape index (κ2) is 61.4. The molecule has 0 aliphatic heterocycles. The topological polar surface area (TPSA) is 346 Å². The van der Waals surface area contributed by atoms with Gasteiger partial charge in [0.05, 0.1) is 77.6 Å². The number of Topliss-reactive ketones (excluding diaryl/α,β-unsaturated/α-hetero) is 1. The van der Waals surface area contributed by atoms with Gasteiger partial charge in [-0.3, -0.25) is 14.4 Å². The van der Waals surface area contributed by atoms with E-state index in [-0.39, 0.29) is 11.6 Å². The summed E-state index contributed by atoms with van der Waals surface area (Å²) < 4.78 is 156. The Labute approximate surface area is 870 Å². The van der Waals surface area contributed by atoms with Crippen molar-refractivity contribution >= 4 is 56.7 Å². The molecule has 0 saturated carbocycles. The standard InChI is InChI=1S/C29H22N2.C17H14F6O6S2.C17H16O3.C17H20O2.C15H16O2.C9H10O2.C8H8O2.C7H6BNO2/c30-20-24-8-16-28(17-9-24)26-12-4-22(5-13-26)2-1-3-23-6-14-27(15-7-23)29-18-10-25(21-31)11-19-29;18-16(19,20)30(24,25)28-14-8-4-12(5-9-14)2-1-3-13-6-10-15(11-7-13)29-31(26,27)17(21,22)23;1-19-15-8-3-13(4-9-15)5-12-17(18)14-6-10-16(20-2)11-7-14;1-18-16-10-6-14(7-11-16)4-3-5-15-8-12-17(19-2)13-9-15;16-14-8-4-12(5-9-14)2-1-3-13-6-10-15(17)11-7-13;1-7(10)8-3-5-9(11-2)6-4-8;1-10-8-4-2-7(6-9)3-5-8;9-5-6-1-3-7(4-2-6)8(10)11/h4-19H,1-3H2;4-11H,1-3H2;3-12H,1-2H3;6-13H,3-5H2,1-2H3;4-11,16-17H,1-3H2;3-6H,1-2H3;2-6H,1H3;1-4,10-11H/b;;12-5+;;;;;. The van der Waals surface area contributed by atoms with Crippen molar-refractivity contribution in [1.82, 2.24) is 0 Å². The number of alkyl halides is 6. The molecule has 0 aliphatic carbocycles. The van der Waals surface area contributed by atoms with Crippen LogP contribution in [-0.2, 0) is 71.6 Å². The molecule has 0 spiro atoms. The molecule has 0 aliphatic rings. The summed E-state index contributed by atoms with van der Waals surface area (Å²) in [5.74, 6) is 4.58. The Bertz CT molecular complexity index is 6770. The Morgan fingerprint density at radius 1 is 0.307 bits per heavy atom. The molecular formula is C119H112BF6N3O19S2. The van der Waals surface area contributed by atoms with Gasteiger partial charge in [-0.05, 0) is 362 Å². The number of aldehydes is 1. The van der Waals surface area contributed by atoms with Crippen molar-refractivity contribution < 1.29 is 115 Å². The van der Waals surface area contributed by atoms with E-state index < -0.39 is 49.9 Å². The highest BCUT2D eigenvalue weighted by Gasteiger charge is 2.49. The molecule has 31 heteroatoms. The van der Waals surface area contributed by atoms with E-state index in [0.717, 1.165) is 140 Å². The van der Waals surface area contributed by atoms with E-state index in [0.29, 0.717) is 80.7 Å². The first kappa shape index (κ1) is 118. The number of hydrogen-bond acceptors (Lipinski definition) is 22. The number of phenolic OH excluding ortho intramolecular Hbond substituents is 2. The number of carbonyl (C=O) groups excluding carboxylic acids is 3. The van der Waals surface area contributed by atoms with Crippen LogP contribution in [0.3, 0.4) is 0 Å². The third-order valence-electron chi connectivity index (χ3n) is 22.3. The highest BCUT2D eigenvalue weighted by molar-refractivity contribution is 7.88. The summed E-state index contributed by atoms with van der Waals surface area (Å²) in [6.45, 7) is 1.54. The lowest BCUT2D eigenvalue weighted by Gasteiger charge is -2.10. The van der Waals surface area contributed by atoms with Crippen molar-refractivity contribution in [3.63, 3.8) is 0 Å². The zero-order chi connectivity index (χ0) is 109. The molecule has 0 unspecified atom stereocenters. The molecule has 0 aromatic heterocycles. The second-order valence-electron chi connectivity index (χ2n) is 33.0. The minimum atomic E-state index is -5.75. The second-order valence-corrected chi connectivity index (χ2v) is 36.0. The Hall–Kier alpha value is -17.0. The summed E-state index contributed by atoms with van der Waals surface area (Å²) in [6.07, 6.45) is 15.2. The third kappa shape index (κ3) is 41.8. The molecule has 4 N–H and O–H groups in total. The fourth-order valence-electron chi connectivity index (χ4n) is 13.8. The number of methoxy groups -OCH3 is 6. The number of ketones is 2. The van der Waals surface area contributed by atoms with Gasteiger partial charge in [0.15, 0.2) is 11.6 Å². The molecule has 0 saturated heterocycles. The smallest absolute Gasteiger partial charge is 0.508 e. The number of ether oxygens (including phenoxy) is 6. The van der Waals surface area contributed by atoms with Crippen LogP contribution in [0.5, 0.6) is 57.5 Å². The van der Waals surface area contributed by atoms with Gasteiger partial charge in [0, 0.05) is 16.7 Å². The number of allylic oxidation sites excluding steroid dienone is 1. The molecule has 150 heavy (non-hydrogen) atoms. The number of halogens is 6. The van der Waals surface area contributed by atoms with Gasteiger partial charge in [-0.15, -0.1) is 0 Å². The number of nitrogens with zero attached hydrogens (tertiary/aromatic N) is 3. The van der Waals surface area contributed by atoms with E-state index in [1.807, 2.05) is 127 Å². The van der Waals surface area contributed by atoms with E-state index in [1.54, 1.807) is 159 Å². The quantitative estimate of drug-likeness (QED) is 0.00553. The zero-order valence-corrected chi connectivity index (χ0v) is 84.9. The van der Waals surface area contributed by atoms with Crippen LogP contribution in [-0.4, -0.2) is 116 Å². The van der Waals surface area contributed by atoms with Crippen LogP contribution in [0.1, 0.15) is 130 Å². The van der Waals surface area contributed by atoms with Gasteiger partial charge < -0.3 is 57.0 Å². The summed E-state index contributed by atoms with van der Waals surface area (Å²) in [5, 5.41) is 61.9. The lowest BCUT2D eigenvalue weighted by molar-refractivity contribution is -0.0504. The average Bonchev–Trinajstić information content (AvgIpc) is 0.821. The third-order valence-corrected chi connectivity index (χ3v) is 24.3. The van der Waals surface area contributed by atoms with E-state index in [9.17, 15) is 57.6 Å². The Kier molecular flexibility index (Phi) is 48.4. The van der Waals surface area contributed by atoms with Gasteiger partial charge in [-0.1, -0.05) is 176 Å². The van der Waals surface area contributed by atoms with Crippen molar-refractivity contribution in [2.45, 2.75) is 95.0 Å². The zero-order valence-electron chi connectivity index (χ0n) is 83.3. The summed E-state index contributed by atoms with van der Waals surface area (Å²) >= 11 is 0. The maximum Gasteiger partial charge on any atom is 0.534 e. The van der Waals surface area contributed by atoms with Crippen molar-refractivity contribution in [3.8, 4) is 98.0 Å². The van der Waals surface area contributed by atoms with Crippen LogP contribution < -0.4 is 42.3 Å². The molecule has 0 heterocycles. The molecule has 0 fully saturated rings. The van der Waals surface area contributed by atoms with Gasteiger partial charge in [-0.2, -0.15) is 59.0 Å². The van der Waals surface area contributed by atoms with Crippen molar-refractivity contribution in [3.05, 3.63) is 454 Å². The summed E-state index contributed by atoms with van der Waals surface area (Å²) in [6, 6.07) is 115. The molecule has 15 rings (SSSR count). The minimum Gasteiger partial charge on any atom is -0.508 e. The van der Waals surface area contributed by atoms with Gasteiger partial charge in [0.2, 0.25) is 0 Å². The van der Waals surface area contributed by atoms with Crippen molar-refractivity contribution in [2.75, 3.05) is 42.7 Å². The summed E-state index contributed by atoms with van der Waals surface area (Å²) in [5.41, 5.74) is 7.99. The van der Waals surface area contributed by atoms with E-state index in [4.69, 9.17) is 64.5 Å². The molecule has 15 aromatic rings. The van der Waals surface area contributed by atoms with Crippen LogP contribution in [0.4, 0.5) is 26.3 Å². The van der Waals surface area contributed by atoms with Gasteiger partial charge in [0.1, 0.15) is 63.8 Å². The summed E-state index contributed by atoms with van der Waals surface area (Å²) in [4.78, 5) is 33.0. The van der Waals surface area contributed by atoms with Crippen LogP contribution in [0.15, 0.2) is 370 Å². The van der Waals surface area contributed by atoms with Crippen LogP contribution in [0, 0.1) is 34.0 Å². The SMILES string of the molecule is COc1ccc(/C=C/C(=O)c2ccc(OC)cc2)cc1.COc1ccc(C(C)=O)cc1.COc1ccc(C=O)cc1.COc1ccc(CCCc2ccc(OC)cc2)cc1.N#Cc1ccc(-c2ccc(CCCc3ccc(-c4ccc(C#N)cc4)cc3)cc2)cc1.N#Cc1ccc(B(O)O)cc1.O=S(=O)(Oc1ccc(CCCc2ccc(OS(=O)(=O)C(F)(F)F)cc2)cc1)C(F)(F)F.Oc1ccc(CCCc2ccc(O)cc2)cc1. The van der Waals surface area contributed by atoms with Gasteiger partial charge >= 0.3 is 38.4 Å². The molecule has 0 atom stereocenters. The highest BCUT2D eigenvalue weighted by Crippen LogP contribution is 2.32. The Morgan fingerprint density at radius 3 is 0.753 bits per heavy atom. The predicted molar refractivity (Wildman–Crippen MR) is 569 cm³/mol. The normalized spacial score (nSPS) is 10.6. The lowest BCUT2D eigenvalue weighted by atomic mass is 9.80. The Balaban J connectivity index is 0.000000215. The largest absolute Gasteiger partial charge is 0.534 e. The fraction of sp³-hybridized carbons (Fsp3) is 0.176. The molecule has 22 nitrogen and oxygen atoms in total. The number of nitriles is 3. The number of rotatable bonds is 34.